The molecule has 0 spiro atoms. The van der Waals surface area contributed by atoms with Crippen LogP contribution in [0.15, 0.2) is 34.0 Å². The molecule has 2 fully saturated rings. The van der Waals surface area contributed by atoms with E-state index in [1.165, 1.54) is 6.08 Å². The zero-order valence-electron chi connectivity index (χ0n) is 19.9. The van der Waals surface area contributed by atoms with E-state index in [1.54, 1.807) is 19.1 Å². The van der Waals surface area contributed by atoms with Gasteiger partial charge in [0, 0.05) is 19.0 Å². The summed E-state index contributed by atoms with van der Waals surface area (Å²) in [4.78, 5) is 49.4. The van der Waals surface area contributed by atoms with Gasteiger partial charge in [-0.2, -0.15) is 0 Å². The number of rotatable bonds is 9. The normalized spacial score (nSPS) is 25.5. The number of carbonyl (C=O) groups excluding carboxylic acids is 3. The van der Waals surface area contributed by atoms with Gasteiger partial charge in [0.15, 0.2) is 0 Å². The van der Waals surface area contributed by atoms with Gasteiger partial charge in [-0.1, -0.05) is 19.1 Å². The minimum atomic E-state index is -0.978. The van der Waals surface area contributed by atoms with E-state index < -0.39 is 29.9 Å². The van der Waals surface area contributed by atoms with Crippen molar-refractivity contribution in [2.75, 3.05) is 6.54 Å². The van der Waals surface area contributed by atoms with E-state index in [4.69, 9.17) is 0 Å². The number of carbonyl (C=O) groups is 3. The lowest BCUT2D eigenvalue weighted by molar-refractivity contribution is -0.139. The molecule has 8 nitrogen and oxygen atoms in total. The van der Waals surface area contributed by atoms with Gasteiger partial charge in [0.25, 0.3) is 0 Å². The number of fused-ring (bicyclic) bond motifs is 1. The highest BCUT2D eigenvalue weighted by atomic mass is 19.1. The van der Waals surface area contributed by atoms with Crippen LogP contribution in [-0.4, -0.2) is 64.9 Å². The first kappa shape index (κ1) is 24.3. The average molecular weight is 472 g/mol. The highest BCUT2D eigenvalue weighted by Gasteiger charge is 2.34. The molecular formula is C25H34FN5O3. The summed E-state index contributed by atoms with van der Waals surface area (Å²) in [6.07, 6.45) is 10.9. The molecule has 4 aliphatic rings. The molecule has 0 aromatic rings. The second kappa shape index (κ2) is 10.6. The van der Waals surface area contributed by atoms with Crippen molar-refractivity contribution in [3.05, 3.63) is 24.1 Å². The van der Waals surface area contributed by atoms with Crippen LogP contribution in [0.25, 0.3) is 0 Å². The number of nitrogens with zero attached hydrogens (tertiary/aromatic N) is 3. The van der Waals surface area contributed by atoms with Gasteiger partial charge in [-0.3, -0.25) is 19.4 Å². The summed E-state index contributed by atoms with van der Waals surface area (Å²) in [5.41, 5.74) is 0.235. The van der Waals surface area contributed by atoms with Crippen molar-refractivity contribution < 1.29 is 18.8 Å². The zero-order chi connectivity index (χ0) is 24.2. The van der Waals surface area contributed by atoms with Crippen molar-refractivity contribution in [1.29, 1.82) is 0 Å². The fourth-order valence-corrected chi connectivity index (χ4v) is 4.76. The summed E-state index contributed by atoms with van der Waals surface area (Å²) < 4.78 is 14.0. The van der Waals surface area contributed by atoms with Crippen LogP contribution in [0.1, 0.15) is 65.2 Å². The van der Waals surface area contributed by atoms with E-state index in [1.807, 2.05) is 4.90 Å². The summed E-state index contributed by atoms with van der Waals surface area (Å²) in [6, 6.07) is -1.88. The molecule has 2 aliphatic carbocycles. The molecule has 1 unspecified atom stereocenters. The lowest BCUT2D eigenvalue weighted by Crippen LogP contribution is -2.53. The Kier molecular flexibility index (Phi) is 7.58. The van der Waals surface area contributed by atoms with Crippen molar-refractivity contribution >= 4 is 29.3 Å². The van der Waals surface area contributed by atoms with Crippen LogP contribution < -0.4 is 10.6 Å². The molecule has 1 saturated heterocycles. The molecule has 4 atom stereocenters. The molecule has 4 rings (SSSR count). The molecule has 3 amide bonds. The summed E-state index contributed by atoms with van der Waals surface area (Å²) in [5.74, 6) is -0.539. The number of amides is 3. The summed E-state index contributed by atoms with van der Waals surface area (Å²) in [6.45, 7) is 4.46. The van der Waals surface area contributed by atoms with E-state index in [9.17, 15) is 18.8 Å². The van der Waals surface area contributed by atoms with Crippen LogP contribution >= 0.6 is 0 Å². The first-order valence-corrected chi connectivity index (χ1v) is 12.5. The molecule has 0 aromatic carbocycles. The van der Waals surface area contributed by atoms with Gasteiger partial charge in [-0.05, 0) is 57.4 Å². The average Bonchev–Trinajstić information content (AvgIpc) is 3.51. The van der Waals surface area contributed by atoms with Gasteiger partial charge in [-0.15, -0.1) is 0 Å². The second-order valence-corrected chi connectivity index (χ2v) is 9.68. The molecule has 9 heteroatoms. The molecule has 34 heavy (non-hydrogen) atoms. The molecule has 1 saturated carbocycles. The molecule has 2 N–H and O–H groups in total. The van der Waals surface area contributed by atoms with Crippen LogP contribution in [0.5, 0.6) is 0 Å². The molecule has 2 aliphatic heterocycles. The minimum absolute atomic E-state index is 0.0881. The van der Waals surface area contributed by atoms with Gasteiger partial charge in [0.1, 0.15) is 29.5 Å². The Morgan fingerprint density at radius 1 is 1.21 bits per heavy atom. The number of likely N-dealkylation sites (tertiary alicyclic amines) is 1. The number of hydrogen-bond acceptors (Lipinski definition) is 5. The van der Waals surface area contributed by atoms with Crippen molar-refractivity contribution in [1.82, 2.24) is 15.5 Å². The predicted octanol–water partition coefficient (Wildman–Crippen LogP) is 2.60. The summed E-state index contributed by atoms with van der Waals surface area (Å²) in [5, 5.41) is 5.62. The Hall–Kier alpha value is -2.84. The summed E-state index contributed by atoms with van der Waals surface area (Å²) >= 11 is 0. The number of piperidine rings is 1. The first-order chi connectivity index (χ1) is 16.4. The maximum atomic E-state index is 14.0. The fraction of sp³-hybridized carbons (Fsp3) is 0.640. The Balaban J connectivity index is 1.42. The number of halogens is 1. The lowest BCUT2D eigenvalue weighted by Gasteiger charge is -2.36. The largest absolute Gasteiger partial charge is 0.345 e. The highest BCUT2D eigenvalue weighted by molar-refractivity contribution is 6.16. The van der Waals surface area contributed by atoms with Crippen LogP contribution in [0.2, 0.25) is 0 Å². The van der Waals surface area contributed by atoms with E-state index in [-0.39, 0.29) is 30.0 Å². The van der Waals surface area contributed by atoms with E-state index in [0.29, 0.717) is 24.7 Å². The predicted molar refractivity (Wildman–Crippen MR) is 128 cm³/mol. The van der Waals surface area contributed by atoms with E-state index >= 15 is 0 Å². The number of hydrogen-bond donors (Lipinski definition) is 2. The Morgan fingerprint density at radius 3 is 2.71 bits per heavy atom. The Bertz CT molecular complexity index is 952. The third kappa shape index (κ3) is 5.80. The maximum absolute atomic E-state index is 14.0. The zero-order valence-corrected chi connectivity index (χ0v) is 19.9. The molecule has 184 valence electrons. The molecule has 2 heterocycles. The van der Waals surface area contributed by atoms with Gasteiger partial charge in [0.05, 0.1) is 12.5 Å². The molecule has 0 bridgehead atoms. The summed E-state index contributed by atoms with van der Waals surface area (Å²) in [7, 11) is 0. The number of amidine groups is 1. The quantitative estimate of drug-likeness (QED) is 0.540. The monoisotopic (exact) mass is 471 g/mol. The maximum Gasteiger partial charge on any atom is 0.243 e. The Labute approximate surface area is 199 Å². The van der Waals surface area contributed by atoms with Crippen molar-refractivity contribution in [3.8, 4) is 0 Å². The van der Waals surface area contributed by atoms with E-state index in [2.05, 4.69) is 27.5 Å². The van der Waals surface area contributed by atoms with Crippen LogP contribution in [0.4, 0.5) is 4.39 Å². The molecule has 0 aromatic heterocycles. The van der Waals surface area contributed by atoms with Crippen LogP contribution in [0, 0.1) is 5.92 Å². The third-order valence-corrected chi connectivity index (χ3v) is 6.93. The fourth-order valence-electron chi connectivity index (χ4n) is 4.76. The number of nitrogens with one attached hydrogen (secondary N) is 2. The van der Waals surface area contributed by atoms with Crippen molar-refractivity contribution in [3.63, 3.8) is 0 Å². The Morgan fingerprint density at radius 2 is 2.00 bits per heavy atom. The standard InChI is InChI=1S/C25H34FN5O3/c1-3-17-7-4-5-12-31(17)22(33)14-20(28-21(32)13-16-10-11-16)25(34)27-15(2)24-29-19-9-6-8-18(26)23(19)30-24/h6,8-9,15-17,19-20H,3-5,7,10-14H2,1-2H3,(H,27,34)(H,28,32)/t15-,17-,19?,20-/m0/s1. The smallest absolute Gasteiger partial charge is 0.243 e. The lowest BCUT2D eigenvalue weighted by atomic mass is 9.98. The number of aliphatic imine (C=N–C) groups is 2. The van der Waals surface area contributed by atoms with Gasteiger partial charge >= 0.3 is 0 Å². The minimum Gasteiger partial charge on any atom is -0.345 e. The van der Waals surface area contributed by atoms with Crippen molar-refractivity contribution in [2.24, 2.45) is 15.9 Å². The number of allylic oxidation sites excluding steroid dienone is 2. The van der Waals surface area contributed by atoms with Crippen LogP contribution in [-0.2, 0) is 14.4 Å². The van der Waals surface area contributed by atoms with Gasteiger partial charge in [-0.25, -0.2) is 9.38 Å². The second-order valence-electron chi connectivity index (χ2n) is 9.68. The van der Waals surface area contributed by atoms with Crippen molar-refractivity contribution in [2.45, 2.75) is 89.4 Å². The van der Waals surface area contributed by atoms with E-state index in [0.717, 1.165) is 38.5 Å². The topological polar surface area (TPSA) is 103 Å². The van der Waals surface area contributed by atoms with Gasteiger partial charge in [0.2, 0.25) is 17.7 Å². The third-order valence-electron chi connectivity index (χ3n) is 6.93. The van der Waals surface area contributed by atoms with Gasteiger partial charge < -0.3 is 15.5 Å². The van der Waals surface area contributed by atoms with Crippen LogP contribution in [0.3, 0.4) is 0 Å². The highest BCUT2D eigenvalue weighted by Crippen LogP contribution is 2.32. The molecular weight excluding hydrogens is 437 g/mol. The first-order valence-electron chi connectivity index (χ1n) is 12.5. The SMILES string of the molecule is CC[C@H]1CCCCN1C(=O)C[C@H](NC(=O)CC1CC1)C(=O)N[C@@H](C)C1=NC2C=CC=C(F)C2=N1. The molecule has 0 radical (unpaired) electrons.